The van der Waals surface area contributed by atoms with Gasteiger partial charge in [-0.25, -0.2) is 0 Å². The predicted molar refractivity (Wildman–Crippen MR) is 64.3 cm³/mol. The molecular weight excluding hydrogens is 192 g/mol. The van der Waals surface area contributed by atoms with Crippen molar-refractivity contribution in [2.75, 3.05) is 12.4 Å². The molecular formula is C12H16OS. The maximum atomic E-state index is 5.51. The second-order valence-corrected chi connectivity index (χ2v) is 3.51. The molecule has 0 saturated carbocycles. The van der Waals surface area contributed by atoms with E-state index in [0.717, 1.165) is 17.7 Å². The van der Waals surface area contributed by atoms with E-state index in [-0.39, 0.29) is 0 Å². The predicted octanol–water partition coefficient (Wildman–Crippen LogP) is 3.11. The molecule has 1 aromatic rings. The minimum absolute atomic E-state index is 0.551. The molecule has 0 radical (unpaired) electrons. The molecule has 0 N–H and O–H groups in total. The Morgan fingerprint density at radius 1 is 1.36 bits per heavy atom. The van der Waals surface area contributed by atoms with Crippen LogP contribution in [0, 0.1) is 0 Å². The van der Waals surface area contributed by atoms with Gasteiger partial charge in [0.05, 0.1) is 0 Å². The molecule has 0 aromatic heterocycles. The molecule has 0 heterocycles. The van der Waals surface area contributed by atoms with Gasteiger partial charge in [-0.1, -0.05) is 25.6 Å². The van der Waals surface area contributed by atoms with Gasteiger partial charge >= 0.3 is 0 Å². The third-order valence-electron chi connectivity index (χ3n) is 2.00. The highest BCUT2D eigenvalue weighted by molar-refractivity contribution is 7.80. The van der Waals surface area contributed by atoms with Crippen molar-refractivity contribution in [2.45, 2.75) is 13.3 Å². The summed E-state index contributed by atoms with van der Waals surface area (Å²) in [4.78, 5) is 0. The van der Waals surface area contributed by atoms with E-state index >= 15 is 0 Å². The average molecular weight is 208 g/mol. The summed E-state index contributed by atoms with van der Waals surface area (Å²) in [7, 11) is 0. The van der Waals surface area contributed by atoms with Gasteiger partial charge in [0.2, 0.25) is 0 Å². The molecule has 0 saturated heterocycles. The van der Waals surface area contributed by atoms with Crippen LogP contribution < -0.4 is 4.74 Å². The van der Waals surface area contributed by atoms with Crippen LogP contribution in [0.4, 0.5) is 0 Å². The first-order valence-corrected chi connectivity index (χ1v) is 5.38. The van der Waals surface area contributed by atoms with E-state index in [1.165, 1.54) is 5.56 Å². The van der Waals surface area contributed by atoms with Gasteiger partial charge in [-0.2, -0.15) is 12.6 Å². The van der Waals surface area contributed by atoms with Crippen molar-refractivity contribution in [3.63, 3.8) is 0 Å². The number of hydrogen-bond donors (Lipinski definition) is 1. The van der Waals surface area contributed by atoms with Crippen molar-refractivity contribution < 1.29 is 4.74 Å². The van der Waals surface area contributed by atoms with Crippen molar-refractivity contribution in [1.29, 1.82) is 0 Å². The number of thiol groups is 1. The van der Waals surface area contributed by atoms with Crippen molar-refractivity contribution in [1.82, 2.24) is 0 Å². The summed E-state index contributed by atoms with van der Waals surface area (Å²) < 4.78 is 5.51. The second kappa shape index (κ2) is 5.76. The lowest BCUT2D eigenvalue weighted by atomic mass is 10.2. The first kappa shape index (κ1) is 11.2. The Labute approximate surface area is 91.2 Å². The van der Waals surface area contributed by atoms with E-state index in [1.54, 1.807) is 0 Å². The van der Waals surface area contributed by atoms with Crippen molar-refractivity contribution in [2.24, 2.45) is 0 Å². The normalized spacial score (nSPS) is 9.86. The van der Waals surface area contributed by atoms with E-state index in [0.29, 0.717) is 12.4 Å². The molecule has 0 atom stereocenters. The fourth-order valence-electron chi connectivity index (χ4n) is 1.05. The summed E-state index contributed by atoms with van der Waals surface area (Å²) in [6.07, 6.45) is 1.06. The largest absolute Gasteiger partial charge is 0.489 e. The summed E-state index contributed by atoms with van der Waals surface area (Å²) in [6, 6.07) is 8.15. The van der Waals surface area contributed by atoms with Crippen LogP contribution in [0.1, 0.15) is 12.5 Å². The Bertz CT molecular complexity index is 290. The first-order chi connectivity index (χ1) is 6.76. The molecule has 0 bridgehead atoms. The maximum Gasteiger partial charge on any atom is 0.119 e. The smallest absolute Gasteiger partial charge is 0.119 e. The molecule has 0 aliphatic rings. The van der Waals surface area contributed by atoms with Crippen LogP contribution in [0.15, 0.2) is 36.4 Å². The lowest BCUT2D eigenvalue weighted by Gasteiger charge is -2.07. The Morgan fingerprint density at radius 3 is 2.50 bits per heavy atom. The Kier molecular flexibility index (Phi) is 4.60. The van der Waals surface area contributed by atoms with E-state index in [9.17, 15) is 0 Å². The molecule has 0 spiro atoms. The zero-order valence-corrected chi connectivity index (χ0v) is 9.39. The minimum Gasteiger partial charge on any atom is -0.489 e. The molecule has 0 fully saturated rings. The molecule has 14 heavy (non-hydrogen) atoms. The highest BCUT2D eigenvalue weighted by Crippen LogP contribution is 2.13. The van der Waals surface area contributed by atoms with E-state index < -0.39 is 0 Å². The minimum atomic E-state index is 0.551. The van der Waals surface area contributed by atoms with Gasteiger partial charge in [-0.05, 0) is 29.7 Å². The summed E-state index contributed by atoms with van der Waals surface area (Å²) >= 11 is 4.11. The van der Waals surface area contributed by atoms with Crippen LogP contribution in [-0.4, -0.2) is 12.4 Å². The van der Waals surface area contributed by atoms with Crippen molar-refractivity contribution >= 4 is 12.6 Å². The van der Waals surface area contributed by atoms with Gasteiger partial charge < -0.3 is 4.74 Å². The lowest BCUT2D eigenvalue weighted by Crippen LogP contribution is -2.01. The Morgan fingerprint density at radius 2 is 2.00 bits per heavy atom. The van der Waals surface area contributed by atoms with E-state index in [1.807, 2.05) is 12.1 Å². The number of aryl methyl sites for hydroxylation is 1. The van der Waals surface area contributed by atoms with Crippen molar-refractivity contribution in [3.8, 4) is 5.75 Å². The second-order valence-electron chi connectivity index (χ2n) is 3.19. The Balaban J connectivity index is 2.47. The van der Waals surface area contributed by atoms with Crippen LogP contribution in [-0.2, 0) is 6.42 Å². The number of hydrogen-bond acceptors (Lipinski definition) is 2. The zero-order valence-electron chi connectivity index (χ0n) is 8.49. The fourth-order valence-corrected chi connectivity index (χ4v) is 1.14. The van der Waals surface area contributed by atoms with Gasteiger partial charge in [-0.3, -0.25) is 0 Å². The van der Waals surface area contributed by atoms with Crippen LogP contribution in [0.5, 0.6) is 5.75 Å². The van der Waals surface area contributed by atoms with Crippen LogP contribution in [0.25, 0.3) is 0 Å². The molecule has 1 nitrogen and oxygen atoms in total. The maximum absolute atomic E-state index is 5.51. The summed E-state index contributed by atoms with van der Waals surface area (Å²) in [6.45, 7) is 6.51. The zero-order chi connectivity index (χ0) is 10.4. The van der Waals surface area contributed by atoms with Gasteiger partial charge in [0.1, 0.15) is 12.4 Å². The molecule has 0 amide bonds. The van der Waals surface area contributed by atoms with Gasteiger partial charge in [-0.15, -0.1) is 0 Å². The summed E-state index contributed by atoms with van der Waals surface area (Å²) in [5.41, 5.74) is 2.32. The van der Waals surface area contributed by atoms with E-state index in [4.69, 9.17) is 4.74 Å². The monoisotopic (exact) mass is 208 g/mol. The topological polar surface area (TPSA) is 9.23 Å². The first-order valence-electron chi connectivity index (χ1n) is 4.75. The van der Waals surface area contributed by atoms with Crippen molar-refractivity contribution in [3.05, 3.63) is 42.0 Å². The highest BCUT2D eigenvalue weighted by Gasteiger charge is 1.95. The molecule has 0 aliphatic carbocycles. The average Bonchev–Trinajstić information content (AvgIpc) is 2.26. The van der Waals surface area contributed by atoms with Gasteiger partial charge in [0.25, 0.3) is 0 Å². The molecule has 1 rings (SSSR count). The summed E-state index contributed by atoms with van der Waals surface area (Å²) in [5, 5.41) is 0. The van der Waals surface area contributed by atoms with E-state index in [2.05, 4.69) is 38.3 Å². The third-order valence-corrected chi connectivity index (χ3v) is 2.45. The lowest BCUT2D eigenvalue weighted by molar-refractivity contribution is 0.353. The van der Waals surface area contributed by atoms with Gasteiger partial charge in [0, 0.05) is 5.75 Å². The highest BCUT2D eigenvalue weighted by atomic mass is 32.1. The Hall–Kier alpha value is -0.890. The molecule has 0 aliphatic heterocycles. The molecule has 76 valence electrons. The van der Waals surface area contributed by atoms with Gasteiger partial charge in [0.15, 0.2) is 0 Å². The molecule has 2 heteroatoms. The van der Waals surface area contributed by atoms with Crippen LogP contribution in [0.3, 0.4) is 0 Å². The summed E-state index contributed by atoms with van der Waals surface area (Å²) in [5.74, 6) is 1.57. The quantitative estimate of drug-likeness (QED) is 0.578. The third kappa shape index (κ3) is 3.46. The van der Waals surface area contributed by atoms with Crippen LogP contribution >= 0.6 is 12.6 Å². The van der Waals surface area contributed by atoms with Crippen LogP contribution in [0.2, 0.25) is 0 Å². The standard InChI is InChI=1S/C12H16OS/c1-3-11-4-6-12(7-5-11)13-8-10(2)9-14/h4-7,14H,2-3,8-9H2,1H3. The number of ether oxygens (including phenoxy) is 1. The number of benzene rings is 1. The SMILES string of the molecule is C=C(CS)COc1ccc(CC)cc1. The molecule has 0 unspecified atom stereocenters. The number of rotatable bonds is 5. The molecule has 1 aromatic carbocycles. The fraction of sp³-hybridized carbons (Fsp3) is 0.333.